The van der Waals surface area contributed by atoms with Crippen LogP contribution in [0.3, 0.4) is 0 Å². The Morgan fingerprint density at radius 1 is 1.33 bits per heavy atom. The maximum atomic E-state index is 5.86. The lowest BCUT2D eigenvalue weighted by atomic mass is 10.1. The van der Waals surface area contributed by atoms with E-state index < -0.39 is 0 Å². The summed E-state index contributed by atoms with van der Waals surface area (Å²) in [6.45, 7) is 7.08. The van der Waals surface area contributed by atoms with Crippen molar-refractivity contribution >= 4 is 0 Å². The normalized spacial score (nSPS) is 19.2. The zero-order valence-electron chi connectivity index (χ0n) is 13.6. The fourth-order valence-corrected chi connectivity index (χ4v) is 2.99. The van der Waals surface area contributed by atoms with Crippen molar-refractivity contribution in [2.45, 2.75) is 51.8 Å². The second kappa shape index (κ2) is 9.19. The molecule has 0 amide bonds. The van der Waals surface area contributed by atoms with Crippen molar-refractivity contribution < 1.29 is 4.74 Å². The molecule has 0 spiro atoms. The second-order valence-electron chi connectivity index (χ2n) is 6.11. The number of benzene rings is 1. The topological polar surface area (TPSA) is 24.5 Å². The van der Waals surface area contributed by atoms with Crippen molar-refractivity contribution in [3.05, 3.63) is 35.4 Å². The fourth-order valence-electron chi connectivity index (χ4n) is 2.99. The first-order chi connectivity index (χ1) is 10.3. The van der Waals surface area contributed by atoms with E-state index in [-0.39, 0.29) is 0 Å². The minimum Gasteiger partial charge on any atom is -0.377 e. The zero-order valence-corrected chi connectivity index (χ0v) is 13.6. The van der Waals surface area contributed by atoms with Gasteiger partial charge in [-0.3, -0.25) is 0 Å². The summed E-state index contributed by atoms with van der Waals surface area (Å²) >= 11 is 0. The summed E-state index contributed by atoms with van der Waals surface area (Å²) in [5.41, 5.74) is 2.63. The Labute approximate surface area is 129 Å². The van der Waals surface area contributed by atoms with Crippen molar-refractivity contribution in [1.29, 1.82) is 0 Å². The largest absolute Gasteiger partial charge is 0.377 e. The number of likely N-dealkylation sites (tertiary alicyclic amines) is 1. The molecule has 1 N–H and O–H groups in total. The van der Waals surface area contributed by atoms with E-state index in [1.807, 2.05) is 0 Å². The lowest BCUT2D eigenvalue weighted by Gasteiger charge is -2.19. The summed E-state index contributed by atoms with van der Waals surface area (Å²) in [5.74, 6) is 0. The first-order valence-corrected chi connectivity index (χ1v) is 8.36. The van der Waals surface area contributed by atoms with E-state index in [1.165, 1.54) is 36.9 Å². The van der Waals surface area contributed by atoms with Gasteiger partial charge in [0, 0.05) is 19.2 Å². The van der Waals surface area contributed by atoms with E-state index in [9.17, 15) is 0 Å². The summed E-state index contributed by atoms with van der Waals surface area (Å²) in [6, 6.07) is 9.45. The molecular formula is C18H30N2O. The number of ether oxygens (including phenoxy) is 1. The van der Waals surface area contributed by atoms with Crippen LogP contribution in [0.25, 0.3) is 0 Å². The average Bonchev–Trinajstić information content (AvgIpc) is 2.90. The number of rotatable bonds is 9. The highest BCUT2D eigenvalue weighted by molar-refractivity contribution is 5.22. The second-order valence-corrected chi connectivity index (χ2v) is 6.11. The van der Waals surface area contributed by atoms with Crippen LogP contribution in [0.4, 0.5) is 0 Å². The van der Waals surface area contributed by atoms with Crippen molar-refractivity contribution in [1.82, 2.24) is 10.2 Å². The Balaban J connectivity index is 1.66. The van der Waals surface area contributed by atoms with Gasteiger partial charge in [0.05, 0.1) is 6.61 Å². The van der Waals surface area contributed by atoms with Crippen LogP contribution in [0.15, 0.2) is 24.3 Å². The third-order valence-corrected chi connectivity index (χ3v) is 4.28. The number of nitrogens with zero attached hydrogens (tertiary/aromatic N) is 1. The smallest absolute Gasteiger partial charge is 0.0716 e. The summed E-state index contributed by atoms with van der Waals surface area (Å²) < 4.78 is 5.86. The molecule has 1 aromatic carbocycles. The van der Waals surface area contributed by atoms with Gasteiger partial charge < -0.3 is 15.0 Å². The van der Waals surface area contributed by atoms with Crippen LogP contribution in [0.2, 0.25) is 0 Å². The summed E-state index contributed by atoms with van der Waals surface area (Å²) in [4.78, 5) is 2.46. The van der Waals surface area contributed by atoms with Crippen molar-refractivity contribution in [2.24, 2.45) is 0 Å². The molecule has 0 bridgehead atoms. The molecule has 1 aromatic rings. The van der Waals surface area contributed by atoms with Crippen molar-refractivity contribution in [3.8, 4) is 0 Å². The Morgan fingerprint density at radius 3 is 2.95 bits per heavy atom. The molecule has 1 heterocycles. The first kappa shape index (κ1) is 16.5. The first-order valence-electron chi connectivity index (χ1n) is 8.36. The van der Waals surface area contributed by atoms with Crippen LogP contribution in [0.5, 0.6) is 0 Å². The van der Waals surface area contributed by atoms with Gasteiger partial charge in [-0.1, -0.05) is 31.2 Å². The lowest BCUT2D eigenvalue weighted by molar-refractivity contribution is 0.101. The van der Waals surface area contributed by atoms with Crippen molar-refractivity contribution in [3.63, 3.8) is 0 Å². The van der Waals surface area contributed by atoms with Crippen molar-refractivity contribution in [2.75, 3.05) is 26.7 Å². The average molecular weight is 290 g/mol. The molecule has 0 radical (unpaired) electrons. The highest BCUT2D eigenvalue weighted by atomic mass is 16.5. The highest BCUT2D eigenvalue weighted by Gasteiger charge is 2.19. The predicted octanol–water partition coefficient (Wildman–Crippen LogP) is 3.19. The van der Waals surface area contributed by atoms with Gasteiger partial charge in [-0.2, -0.15) is 0 Å². The molecule has 1 fully saturated rings. The molecule has 1 saturated heterocycles. The Hall–Kier alpha value is -0.900. The minimum atomic E-state index is 0.731. The van der Waals surface area contributed by atoms with E-state index >= 15 is 0 Å². The predicted molar refractivity (Wildman–Crippen MR) is 88.4 cm³/mol. The molecule has 3 heteroatoms. The summed E-state index contributed by atoms with van der Waals surface area (Å²) in [7, 11) is 2.23. The maximum absolute atomic E-state index is 5.86. The monoisotopic (exact) mass is 290 g/mol. The molecule has 2 rings (SSSR count). The summed E-state index contributed by atoms with van der Waals surface area (Å²) in [6.07, 6.45) is 5.01. The van der Waals surface area contributed by atoms with Crippen LogP contribution < -0.4 is 5.32 Å². The van der Waals surface area contributed by atoms with Gasteiger partial charge in [-0.15, -0.1) is 0 Å². The summed E-state index contributed by atoms with van der Waals surface area (Å²) in [5, 5.41) is 3.44. The third-order valence-electron chi connectivity index (χ3n) is 4.28. The Kier molecular flexibility index (Phi) is 7.20. The highest BCUT2D eigenvalue weighted by Crippen LogP contribution is 2.17. The molecule has 0 saturated carbocycles. The maximum Gasteiger partial charge on any atom is 0.0716 e. The third kappa shape index (κ3) is 5.77. The van der Waals surface area contributed by atoms with Gasteiger partial charge in [-0.05, 0) is 56.9 Å². The van der Waals surface area contributed by atoms with Gasteiger partial charge in [0.1, 0.15) is 0 Å². The van der Waals surface area contributed by atoms with E-state index in [1.54, 1.807) is 0 Å². The van der Waals surface area contributed by atoms with E-state index in [2.05, 4.69) is 48.5 Å². The van der Waals surface area contributed by atoms with Gasteiger partial charge in [0.15, 0.2) is 0 Å². The van der Waals surface area contributed by atoms with E-state index in [4.69, 9.17) is 4.74 Å². The molecule has 0 aliphatic carbocycles. The van der Waals surface area contributed by atoms with Gasteiger partial charge in [0.25, 0.3) is 0 Å². The standard InChI is InChI=1S/C18H30N2O/c1-3-10-19-14-16-6-4-7-17(13-16)15-21-12-9-18-8-5-11-20(18)2/h4,6-7,13,18-19H,3,5,8-12,14-15H2,1-2H3. The molecule has 1 aliphatic heterocycles. The van der Waals surface area contributed by atoms with Crippen LogP contribution >= 0.6 is 0 Å². The number of hydrogen-bond donors (Lipinski definition) is 1. The number of hydrogen-bond acceptors (Lipinski definition) is 3. The molecule has 0 aromatic heterocycles. The molecule has 1 aliphatic rings. The lowest BCUT2D eigenvalue weighted by Crippen LogP contribution is -2.26. The molecule has 1 atom stereocenters. The molecule has 118 valence electrons. The van der Waals surface area contributed by atoms with E-state index in [0.29, 0.717) is 0 Å². The van der Waals surface area contributed by atoms with Gasteiger partial charge in [0.2, 0.25) is 0 Å². The number of nitrogens with one attached hydrogen (secondary N) is 1. The molecule has 1 unspecified atom stereocenters. The SMILES string of the molecule is CCCNCc1cccc(COCCC2CCCN2C)c1. The molecule has 3 nitrogen and oxygen atoms in total. The minimum absolute atomic E-state index is 0.731. The van der Waals surface area contributed by atoms with Crippen LogP contribution in [0.1, 0.15) is 43.7 Å². The fraction of sp³-hybridized carbons (Fsp3) is 0.667. The van der Waals surface area contributed by atoms with Gasteiger partial charge in [-0.25, -0.2) is 0 Å². The van der Waals surface area contributed by atoms with Crippen LogP contribution in [0, 0.1) is 0 Å². The Bertz CT molecular complexity index is 408. The van der Waals surface area contributed by atoms with Crippen LogP contribution in [-0.2, 0) is 17.9 Å². The van der Waals surface area contributed by atoms with E-state index in [0.717, 1.165) is 38.8 Å². The van der Waals surface area contributed by atoms with Crippen LogP contribution in [-0.4, -0.2) is 37.7 Å². The molecular weight excluding hydrogens is 260 g/mol. The zero-order chi connectivity index (χ0) is 14.9. The Morgan fingerprint density at radius 2 is 2.19 bits per heavy atom. The van der Waals surface area contributed by atoms with Gasteiger partial charge >= 0.3 is 0 Å². The molecule has 21 heavy (non-hydrogen) atoms. The quantitative estimate of drug-likeness (QED) is 0.707.